The lowest BCUT2D eigenvalue weighted by Gasteiger charge is -2.20. The van der Waals surface area contributed by atoms with E-state index in [9.17, 15) is 4.79 Å². The van der Waals surface area contributed by atoms with E-state index in [2.05, 4.69) is 20.3 Å². The molecule has 9 heteroatoms. The molecule has 1 unspecified atom stereocenters. The van der Waals surface area contributed by atoms with Crippen LogP contribution in [-0.4, -0.2) is 32.8 Å². The lowest BCUT2D eigenvalue weighted by Crippen LogP contribution is -2.25. The standard InChI is InChI=1S/C20H16ClN5O3/c1-11-4-2-5-13(21)18(11)26-10-12(8-17(26)27)19-22-20(29-25-19)15-9-14(23-24-15)16-6-3-7-28-16/h2-7,9,12H,8,10H2,1H3,(H,23,24). The van der Waals surface area contributed by atoms with Crippen LogP contribution in [0, 0.1) is 6.92 Å². The molecule has 5 rings (SSSR count). The molecule has 1 aliphatic heterocycles. The van der Waals surface area contributed by atoms with Crippen molar-refractivity contribution in [2.45, 2.75) is 19.3 Å². The quantitative estimate of drug-likeness (QED) is 0.542. The number of aryl methyl sites for hydroxylation is 1. The molecule has 1 amide bonds. The van der Waals surface area contributed by atoms with Gasteiger partial charge in [-0.15, -0.1) is 0 Å². The number of hydrogen-bond donors (Lipinski definition) is 1. The van der Waals surface area contributed by atoms with Crippen LogP contribution >= 0.6 is 11.6 Å². The van der Waals surface area contributed by atoms with Crippen molar-refractivity contribution in [1.29, 1.82) is 0 Å². The number of hydrogen-bond acceptors (Lipinski definition) is 6. The number of H-pyrrole nitrogens is 1. The average Bonchev–Trinajstić information content (AvgIpc) is 3.48. The lowest BCUT2D eigenvalue weighted by molar-refractivity contribution is -0.117. The largest absolute Gasteiger partial charge is 0.463 e. The van der Waals surface area contributed by atoms with Gasteiger partial charge in [0.1, 0.15) is 11.4 Å². The number of aromatic amines is 1. The fourth-order valence-electron chi connectivity index (χ4n) is 3.55. The van der Waals surface area contributed by atoms with E-state index >= 15 is 0 Å². The van der Waals surface area contributed by atoms with E-state index in [0.29, 0.717) is 46.9 Å². The number of benzene rings is 1. The van der Waals surface area contributed by atoms with Crippen LogP contribution in [0.25, 0.3) is 23.0 Å². The first-order chi connectivity index (χ1) is 14.1. The Bertz CT molecular complexity index is 1160. The first-order valence-electron chi connectivity index (χ1n) is 9.09. The predicted octanol–water partition coefficient (Wildman–Crippen LogP) is 4.20. The summed E-state index contributed by atoms with van der Waals surface area (Å²) >= 11 is 6.33. The molecule has 1 atom stereocenters. The predicted molar refractivity (Wildman–Crippen MR) is 105 cm³/mol. The highest BCUT2D eigenvalue weighted by atomic mass is 35.5. The van der Waals surface area contributed by atoms with Crippen LogP contribution in [0.5, 0.6) is 0 Å². The minimum atomic E-state index is -0.178. The van der Waals surface area contributed by atoms with Crippen LogP contribution in [0.3, 0.4) is 0 Å². The van der Waals surface area contributed by atoms with Crippen molar-refractivity contribution in [3.8, 4) is 23.0 Å². The first-order valence-corrected chi connectivity index (χ1v) is 9.46. The van der Waals surface area contributed by atoms with Gasteiger partial charge in [-0.3, -0.25) is 9.89 Å². The molecule has 1 saturated heterocycles. The molecular weight excluding hydrogens is 394 g/mol. The van der Waals surface area contributed by atoms with Gasteiger partial charge in [0.25, 0.3) is 5.89 Å². The van der Waals surface area contributed by atoms with E-state index < -0.39 is 0 Å². The molecular formula is C20H16ClN5O3. The maximum absolute atomic E-state index is 12.6. The number of carbonyl (C=O) groups is 1. The number of furan rings is 1. The Labute approximate surface area is 170 Å². The van der Waals surface area contributed by atoms with Gasteiger partial charge in [-0.2, -0.15) is 10.1 Å². The number of amides is 1. The van der Waals surface area contributed by atoms with Gasteiger partial charge in [0.2, 0.25) is 5.91 Å². The van der Waals surface area contributed by atoms with E-state index in [0.717, 1.165) is 11.3 Å². The summed E-state index contributed by atoms with van der Waals surface area (Å²) in [6.07, 6.45) is 1.88. The summed E-state index contributed by atoms with van der Waals surface area (Å²) in [7, 11) is 0. The van der Waals surface area contributed by atoms with Crippen LogP contribution in [0.1, 0.15) is 23.7 Å². The van der Waals surface area contributed by atoms with Gasteiger partial charge in [0, 0.05) is 24.9 Å². The van der Waals surface area contributed by atoms with E-state index in [1.807, 2.05) is 25.1 Å². The van der Waals surface area contributed by atoms with E-state index in [-0.39, 0.29) is 11.8 Å². The fourth-order valence-corrected chi connectivity index (χ4v) is 3.88. The minimum absolute atomic E-state index is 0.0146. The summed E-state index contributed by atoms with van der Waals surface area (Å²) in [4.78, 5) is 18.8. The summed E-state index contributed by atoms with van der Waals surface area (Å²) in [5, 5.41) is 11.7. The molecule has 4 aromatic rings. The maximum Gasteiger partial charge on any atom is 0.275 e. The highest BCUT2D eigenvalue weighted by molar-refractivity contribution is 6.34. The summed E-state index contributed by atoms with van der Waals surface area (Å²) in [6, 6.07) is 11.0. The van der Waals surface area contributed by atoms with Crippen LogP contribution in [-0.2, 0) is 4.79 Å². The fraction of sp³-hybridized carbons (Fsp3) is 0.200. The number of anilines is 1. The molecule has 1 fully saturated rings. The van der Waals surface area contributed by atoms with Crippen molar-refractivity contribution in [3.63, 3.8) is 0 Å². The van der Waals surface area contributed by atoms with Gasteiger partial charge in [-0.05, 0) is 30.7 Å². The van der Waals surface area contributed by atoms with E-state index in [4.69, 9.17) is 20.5 Å². The summed E-state index contributed by atoms with van der Waals surface area (Å²) in [5.74, 6) is 1.24. The number of aromatic nitrogens is 4. The topological polar surface area (TPSA) is 101 Å². The Kier molecular flexibility index (Phi) is 4.21. The van der Waals surface area contributed by atoms with Crippen molar-refractivity contribution >= 4 is 23.2 Å². The van der Waals surface area contributed by atoms with Crippen molar-refractivity contribution in [2.75, 3.05) is 11.4 Å². The second kappa shape index (κ2) is 6.89. The average molecular weight is 410 g/mol. The number of carbonyl (C=O) groups excluding carboxylic acids is 1. The molecule has 4 heterocycles. The molecule has 29 heavy (non-hydrogen) atoms. The molecule has 1 aliphatic rings. The van der Waals surface area contributed by atoms with Crippen molar-refractivity contribution < 1.29 is 13.7 Å². The zero-order chi connectivity index (χ0) is 20.0. The van der Waals surface area contributed by atoms with Crippen molar-refractivity contribution in [2.24, 2.45) is 0 Å². The lowest BCUT2D eigenvalue weighted by atomic mass is 10.1. The smallest absolute Gasteiger partial charge is 0.275 e. The second-order valence-electron chi connectivity index (χ2n) is 6.91. The van der Waals surface area contributed by atoms with Crippen molar-refractivity contribution in [1.82, 2.24) is 20.3 Å². The number of rotatable bonds is 4. The maximum atomic E-state index is 12.6. The summed E-state index contributed by atoms with van der Waals surface area (Å²) < 4.78 is 10.7. The molecule has 1 aromatic carbocycles. The molecule has 0 bridgehead atoms. The van der Waals surface area contributed by atoms with Gasteiger partial charge in [0.05, 0.1) is 17.0 Å². The Morgan fingerprint density at radius 1 is 1.28 bits per heavy atom. The molecule has 1 N–H and O–H groups in total. The number of halogens is 1. The molecule has 0 spiro atoms. The van der Waals surface area contributed by atoms with Crippen molar-refractivity contribution in [3.05, 3.63) is 59.1 Å². The number of nitrogens with zero attached hydrogens (tertiary/aromatic N) is 4. The molecule has 8 nitrogen and oxygen atoms in total. The van der Waals surface area contributed by atoms with E-state index in [1.54, 1.807) is 29.4 Å². The van der Waals surface area contributed by atoms with Gasteiger partial charge < -0.3 is 13.8 Å². The second-order valence-corrected chi connectivity index (χ2v) is 7.32. The molecule has 0 saturated carbocycles. The van der Waals surface area contributed by atoms with Gasteiger partial charge in [0.15, 0.2) is 11.6 Å². The Morgan fingerprint density at radius 2 is 2.17 bits per heavy atom. The highest BCUT2D eigenvalue weighted by Crippen LogP contribution is 2.37. The van der Waals surface area contributed by atoms with Crippen LogP contribution < -0.4 is 4.90 Å². The number of para-hydroxylation sites is 1. The van der Waals surface area contributed by atoms with Gasteiger partial charge in [-0.25, -0.2) is 0 Å². The SMILES string of the molecule is Cc1cccc(Cl)c1N1CC(c2noc(-c3cc(-c4ccco4)n[nH]3)n2)CC1=O. The summed E-state index contributed by atoms with van der Waals surface area (Å²) in [5.41, 5.74) is 2.91. The molecule has 146 valence electrons. The first kappa shape index (κ1) is 17.7. The number of nitrogens with one attached hydrogen (secondary N) is 1. The van der Waals surface area contributed by atoms with Crippen LogP contribution in [0.2, 0.25) is 5.02 Å². The third kappa shape index (κ3) is 3.11. The Hall–Kier alpha value is -3.39. The van der Waals surface area contributed by atoms with Crippen LogP contribution in [0.15, 0.2) is 51.6 Å². The zero-order valence-corrected chi connectivity index (χ0v) is 16.2. The normalized spacial score (nSPS) is 16.7. The Morgan fingerprint density at radius 3 is 2.97 bits per heavy atom. The molecule has 0 radical (unpaired) electrons. The third-order valence-electron chi connectivity index (χ3n) is 4.97. The van der Waals surface area contributed by atoms with Gasteiger partial charge >= 0.3 is 0 Å². The Balaban J connectivity index is 1.38. The summed E-state index contributed by atoms with van der Waals surface area (Å²) in [6.45, 7) is 2.38. The molecule has 3 aromatic heterocycles. The zero-order valence-electron chi connectivity index (χ0n) is 15.4. The monoisotopic (exact) mass is 409 g/mol. The highest BCUT2D eigenvalue weighted by Gasteiger charge is 2.36. The minimum Gasteiger partial charge on any atom is -0.463 e. The third-order valence-corrected chi connectivity index (χ3v) is 5.28. The van der Waals surface area contributed by atoms with E-state index in [1.165, 1.54) is 0 Å². The van der Waals surface area contributed by atoms with Crippen LogP contribution in [0.4, 0.5) is 5.69 Å². The van der Waals surface area contributed by atoms with Gasteiger partial charge in [-0.1, -0.05) is 28.9 Å². The molecule has 0 aliphatic carbocycles.